The van der Waals surface area contributed by atoms with E-state index in [1.165, 1.54) is 19.1 Å². The number of amides is 1. The number of hydrogen-bond acceptors (Lipinski definition) is 3. The maximum Gasteiger partial charge on any atom is 0.416 e. The summed E-state index contributed by atoms with van der Waals surface area (Å²) in [4.78, 5) is 25.6. The molecule has 8 heteroatoms. The number of benzene rings is 4. The molecule has 0 bridgehead atoms. The summed E-state index contributed by atoms with van der Waals surface area (Å²) < 4.78 is 44.7. The second kappa shape index (κ2) is 10.3. The van der Waals surface area contributed by atoms with Gasteiger partial charge < -0.3 is 15.2 Å². The van der Waals surface area contributed by atoms with E-state index in [0.29, 0.717) is 10.9 Å². The van der Waals surface area contributed by atoms with Crippen molar-refractivity contribution >= 4 is 22.6 Å². The topological polar surface area (TPSA) is 75.6 Å². The Morgan fingerprint density at radius 1 is 0.838 bits per heavy atom. The molecule has 0 heterocycles. The summed E-state index contributed by atoms with van der Waals surface area (Å²) in [5.74, 6) is -1.63. The number of aliphatic carboxylic acids is 1. The maximum absolute atomic E-state index is 13.4. The lowest BCUT2D eigenvalue weighted by Crippen LogP contribution is -2.53. The van der Waals surface area contributed by atoms with Crippen LogP contribution in [-0.2, 0) is 24.0 Å². The Balaban J connectivity index is 1.64. The summed E-state index contributed by atoms with van der Waals surface area (Å²) in [5.41, 5.74) is -1.04. The zero-order valence-electron chi connectivity index (χ0n) is 19.9. The van der Waals surface area contributed by atoms with Gasteiger partial charge in [0.15, 0.2) is 0 Å². The van der Waals surface area contributed by atoms with Gasteiger partial charge in [0.25, 0.3) is 5.91 Å². The van der Waals surface area contributed by atoms with Crippen LogP contribution in [0.1, 0.15) is 34.0 Å². The van der Waals surface area contributed by atoms with Crippen molar-refractivity contribution < 1.29 is 32.6 Å². The highest BCUT2D eigenvalue weighted by atomic mass is 19.4. The monoisotopic (exact) mass is 507 g/mol. The van der Waals surface area contributed by atoms with Crippen molar-refractivity contribution in [3.8, 4) is 5.75 Å². The lowest BCUT2D eigenvalue weighted by Gasteiger charge is -2.27. The van der Waals surface area contributed by atoms with Crippen molar-refractivity contribution in [1.82, 2.24) is 5.32 Å². The van der Waals surface area contributed by atoms with E-state index in [2.05, 4.69) is 5.32 Å². The number of alkyl halides is 3. The van der Waals surface area contributed by atoms with Crippen LogP contribution in [0.15, 0.2) is 91.0 Å². The molecule has 0 saturated heterocycles. The Bertz CT molecular complexity index is 1420. The molecular weight excluding hydrogens is 483 g/mol. The van der Waals surface area contributed by atoms with Crippen LogP contribution in [-0.4, -0.2) is 22.5 Å². The van der Waals surface area contributed by atoms with Gasteiger partial charge in [-0.15, -0.1) is 0 Å². The summed E-state index contributed by atoms with van der Waals surface area (Å²) >= 11 is 0. The van der Waals surface area contributed by atoms with Gasteiger partial charge >= 0.3 is 12.1 Å². The first kappa shape index (κ1) is 25.8. The molecule has 2 N–H and O–H groups in total. The Morgan fingerprint density at radius 2 is 1.49 bits per heavy atom. The first-order chi connectivity index (χ1) is 17.6. The third-order valence-electron chi connectivity index (χ3n) is 6.05. The summed E-state index contributed by atoms with van der Waals surface area (Å²) in [7, 11) is 0. The number of halogens is 3. The van der Waals surface area contributed by atoms with Crippen LogP contribution in [0.25, 0.3) is 10.8 Å². The second-order valence-electron chi connectivity index (χ2n) is 8.90. The molecule has 4 aromatic carbocycles. The molecule has 4 rings (SSSR count). The number of carboxylic acids is 1. The van der Waals surface area contributed by atoms with E-state index >= 15 is 0 Å². The van der Waals surface area contributed by atoms with Crippen molar-refractivity contribution in [2.24, 2.45) is 0 Å². The Kier molecular flexibility index (Phi) is 7.20. The maximum atomic E-state index is 13.4. The molecule has 5 nitrogen and oxygen atoms in total. The minimum atomic E-state index is -4.45. The van der Waals surface area contributed by atoms with Gasteiger partial charge in [0.05, 0.1) is 11.1 Å². The number of carbonyl (C=O) groups is 2. The molecule has 0 fully saturated rings. The highest BCUT2D eigenvalue weighted by Gasteiger charge is 2.36. The predicted molar refractivity (Wildman–Crippen MR) is 133 cm³/mol. The largest absolute Gasteiger partial charge is 0.487 e. The molecule has 1 unspecified atom stereocenters. The van der Waals surface area contributed by atoms with Crippen molar-refractivity contribution in [2.45, 2.75) is 31.7 Å². The van der Waals surface area contributed by atoms with Crippen LogP contribution in [0, 0.1) is 0 Å². The summed E-state index contributed by atoms with van der Waals surface area (Å²) in [5, 5.41) is 14.0. The molecule has 37 heavy (non-hydrogen) atoms. The summed E-state index contributed by atoms with van der Waals surface area (Å²) in [6.07, 6.45) is -4.39. The quantitative estimate of drug-likeness (QED) is 0.296. The Labute approximate surface area is 211 Å². The van der Waals surface area contributed by atoms with Crippen molar-refractivity contribution in [1.29, 1.82) is 0 Å². The van der Waals surface area contributed by atoms with Gasteiger partial charge in [0.2, 0.25) is 0 Å². The normalized spacial score (nSPS) is 13.1. The molecule has 0 aliphatic heterocycles. The van der Waals surface area contributed by atoms with Crippen LogP contribution >= 0.6 is 0 Å². The zero-order valence-corrected chi connectivity index (χ0v) is 19.9. The minimum Gasteiger partial charge on any atom is -0.487 e. The molecular formula is C29H24F3NO4. The Hall–Kier alpha value is -4.33. The lowest BCUT2D eigenvalue weighted by atomic mass is 9.92. The standard InChI is InChI=1S/C29H24F3NO4/c1-28(27(35)36,17-19-7-3-2-4-8-19)33-26(34)24-16-13-21-9-5-6-10-23(21)25(24)37-18-20-11-14-22(15-12-20)29(30,31)32/h2-16H,17-18H2,1H3,(H,33,34)(H,35,36). The first-order valence-corrected chi connectivity index (χ1v) is 11.5. The van der Waals surface area contributed by atoms with Crippen molar-refractivity contribution in [3.63, 3.8) is 0 Å². The van der Waals surface area contributed by atoms with Gasteiger partial charge in [-0.25, -0.2) is 4.79 Å². The molecule has 0 saturated carbocycles. The van der Waals surface area contributed by atoms with Gasteiger partial charge in [-0.3, -0.25) is 4.79 Å². The molecule has 0 aliphatic rings. The number of nitrogens with one attached hydrogen (secondary N) is 1. The van der Waals surface area contributed by atoms with Crippen molar-refractivity contribution in [3.05, 3.63) is 113 Å². The second-order valence-corrected chi connectivity index (χ2v) is 8.90. The van der Waals surface area contributed by atoms with Crippen molar-refractivity contribution in [2.75, 3.05) is 0 Å². The molecule has 1 amide bonds. The van der Waals surface area contributed by atoms with Crippen LogP contribution < -0.4 is 10.1 Å². The molecule has 0 aliphatic carbocycles. The highest BCUT2D eigenvalue weighted by Crippen LogP contribution is 2.32. The van der Waals surface area contributed by atoms with Crippen LogP contribution in [0.5, 0.6) is 5.75 Å². The van der Waals surface area contributed by atoms with Gasteiger partial charge in [-0.2, -0.15) is 13.2 Å². The third kappa shape index (κ3) is 5.91. The lowest BCUT2D eigenvalue weighted by molar-refractivity contribution is -0.143. The molecule has 0 spiro atoms. The van der Waals surface area contributed by atoms with Crippen LogP contribution in [0.4, 0.5) is 13.2 Å². The van der Waals surface area contributed by atoms with Gasteiger partial charge in [0.1, 0.15) is 17.9 Å². The van der Waals surface area contributed by atoms with Crippen LogP contribution in [0.2, 0.25) is 0 Å². The van der Waals surface area contributed by atoms with E-state index in [9.17, 15) is 27.9 Å². The molecule has 0 aromatic heterocycles. The minimum absolute atomic E-state index is 0.0598. The summed E-state index contributed by atoms with van der Waals surface area (Å²) in [6, 6.07) is 24.0. The Morgan fingerprint density at radius 3 is 2.14 bits per heavy atom. The fourth-order valence-electron chi connectivity index (χ4n) is 4.02. The van der Waals surface area contributed by atoms with Gasteiger partial charge in [0, 0.05) is 11.8 Å². The number of ether oxygens (including phenoxy) is 1. The third-order valence-corrected chi connectivity index (χ3v) is 6.05. The SMILES string of the molecule is CC(Cc1ccccc1)(NC(=O)c1ccc2ccccc2c1OCc1ccc(C(F)(F)F)cc1)C(=O)O. The number of carbonyl (C=O) groups excluding carboxylic acids is 1. The van der Waals surface area contributed by atoms with E-state index in [4.69, 9.17) is 4.74 Å². The average molecular weight is 508 g/mol. The first-order valence-electron chi connectivity index (χ1n) is 11.5. The van der Waals surface area contributed by atoms with E-state index in [-0.39, 0.29) is 24.3 Å². The number of hydrogen-bond donors (Lipinski definition) is 2. The predicted octanol–water partition coefficient (Wildman–Crippen LogP) is 6.25. The highest BCUT2D eigenvalue weighted by molar-refractivity contribution is 6.05. The molecule has 0 radical (unpaired) electrons. The zero-order chi connectivity index (χ0) is 26.6. The molecule has 190 valence electrons. The average Bonchev–Trinajstić information content (AvgIpc) is 2.87. The number of fused-ring (bicyclic) bond motifs is 1. The van der Waals surface area contributed by atoms with E-state index in [1.807, 2.05) is 18.2 Å². The molecule has 4 aromatic rings. The molecule has 1 atom stereocenters. The smallest absolute Gasteiger partial charge is 0.416 e. The van der Waals surface area contributed by atoms with E-state index < -0.39 is 29.2 Å². The van der Waals surface area contributed by atoms with E-state index in [1.54, 1.807) is 48.5 Å². The van der Waals surface area contributed by atoms with Crippen LogP contribution in [0.3, 0.4) is 0 Å². The van der Waals surface area contributed by atoms with E-state index in [0.717, 1.165) is 23.1 Å². The fraction of sp³-hybridized carbons (Fsp3) is 0.172. The number of rotatable bonds is 8. The fourth-order valence-corrected chi connectivity index (χ4v) is 4.02. The van der Waals surface area contributed by atoms with Gasteiger partial charge in [-0.1, -0.05) is 72.8 Å². The van der Waals surface area contributed by atoms with Gasteiger partial charge in [-0.05, 0) is 41.6 Å². The summed E-state index contributed by atoms with van der Waals surface area (Å²) in [6.45, 7) is 1.34. The number of carboxylic acid groups (broad SMARTS) is 1.